The van der Waals surface area contributed by atoms with Gasteiger partial charge in [0.05, 0.1) is 5.92 Å². The standard InChI is InChI=1S/C16H19F3N2O.ClH/c17-16(18,19)11-4-3-9-21(10-11)15(22)13-5-1-7-14-12(13)6-2-8-20-14;/h1,5,7,11,20H,2-4,6,8-10H2;1H. The molecule has 7 heteroatoms. The number of benzene rings is 1. The molecule has 0 radical (unpaired) electrons. The molecule has 1 atom stereocenters. The Morgan fingerprint density at radius 2 is 2.04 bits per heavy atom. The van der Waals surface area contributed by atoms with Crippen molar-refractivity contribution in [3.8, 4) is 0 Å². The molecule has 1 saturated heterocycles. The maximum absolute atomic E-state index is 12.9. The fourth-order valence-corrected chi connectivity index (χ4v) is 3.31. The van der Waals surface area contributed by atoms with Crippen LogP contribution in [0.2, 0.25) is 0 Å². The molecule has 1 N–H and O–H groups in total. The van der Waals surface area contributed by atoms with Gasteiger partial charge in [-0.3, -0.25) is 4.79 Å². The Labute approximate surface area is 139 Å². The molecule has 1 aromatic carbocycles. The molecule has 2 aliphatic rings. The van der Waals surface area contributed by atoms with Crippen molar-refractivity contribution in [2.45, 2.75) is 31.9 Å². The first-order valence-electron chi connectivity index (χ1n) is 7.68. The summed E-state index contributed by atoms with van der Waals surface area (Å²) in [5.41, 5.74) is 2.42. The van der Waals surface area contributed by atoms with Gasteiger partial charge in [0.2, 0.25) is 0 Å². The average Bonchev–Trinajstić information content (AvgIpc) is 2.53. The van der Waals surface area contributed by atoms with E-state index in [0.717, 1.165) is 30.6 Å². The number of anilines is 1. The van der Waals surface area contributed by atoms with Gasteiger partial charge in [0, 0.05) is 30.9 Å². The molecule has 23 heavy (non-hydrogen) atoms. The third kappa shape index (κ3) is 3.74. The summed E-state index contributed by atoms with van der Waals surface area (Å²) in [6, 6.07) is 5.43. The quantitative estimate of drug-likeness (QED) is 0.835. The van der Waals surface area contributed by atoms with Crippen LogP contribution >= 0.6 is 12.4 Å². The highest BCUT2D eigenvalue weighted by molar-refractivity contribution is 5.97. The summed E-state index contributed by atoms with van der Waals surface area (Å²) in [6.45, 7) is 1.05. The normalized spacial score (nSPS) is 21.0. The fraction of sp³-hybridized carbons (Fsp3) is 0.562. The lowest BCUT2D eigenvalue weighted by atomic mass is 9.94. The van der Waals surface area contributed by atoms with E-state index in [1.54, 1.807) is 12.1 Å². The van der Waals surface area contributed by atoms with Crippen LogP contribution in [-0.2, 0) is 6.42 Å². The minimum atomic E-state index is -4.23. The molecule has 0 aromatic heterocycles. The highest BCUT2D eigenvalue weighted by Gasteiger charge is 2.43. The van der Waals surface area contributed by atoms with Crippen molar-refractivity contribution in [2.24, 2.45) is 5.92 Å². The maximum atomic E-state index is 12.9. The predicted molar refractivity (Wildman–Crippen MR) is 85.2 cm³/mol. The second-order valence-corrected chi connectivity index (χ2v) is 5.99. The maximum Gasteiger partial charge on any atom is 0.393 e. The van der Waals surface area contributed by atoms with Crippen LogP contribution in [0.3, 0.4) is 0 Å². The number of nitrogens with zero attached hydrogens (tertiary/aromatic N) is 1. The summed E-state index contributed by atoms with van der Waals surface area (Å²) < 4.78 is 38.7. The van der Waals surface area contributed by atoms with Gasteiger partial charge < -0.3 is 10.2 Å². The molecule has 0 bridgehead atoms. The van der Waals surface area contributed by atoms with E-state index < -0.39 is 12.1 Å². The van der Waals surface area contributed by atoms with Gasteiger partial charge in [0.15, 0.2) is 0 Å². The average molecular weight is 349 g/mol. The lowest BCUT2D eigenvalue weighted by Gasteiger charge is -2.34. The zero-order chi connectivity index (χ0) is 15.7. The SMILES string of the molecule is Cl.O=C(c1cccc2c1CCCN2)N1CCCC(C(F)(F)F)C1. The van der Waals surface area contributed by atoms with Gasteiger partial charge in [-0.15, -0.1) is 12.4 Å². The van der Waals surface area contributed by atoms with Crippen molar-refractivity contribution in [2.75, 3.05) is 25.0 Å². The number of likely N-dealkylation sites (tertiary alicyclic amines) is 1. The van der Waals surface area contributed by atoms with Crippen LogP contribution in [0.4, 0.5) is 18.9 Å². The van der Waals surface area contributed by atoms with Crippen LogP contribution in [0, 0.1) is 5.92 Å². The zero-order valence-corrected chi connectivity index (χ0v) is 13.5. The van der Waals surface area contributed by atoms with Crippen LogP contribution in [-0.4, -0.2) is 36.6 Å². The number of halogens is 4. The number of hydrogen-bond acceptors (Lipinski definition) is 2. The molecule has 128 valence electrons. The third-order valence-corrected chi connectivity index (χ3v) is 4.50. The van der Waals surface area contributed by atoms with Gasteiger partial charge >= 0.3 is 6.18 Å². The molecule has 3 rings (SSSR count). The molecule has 2 heterocycles. The zero-order valence-electron chi connectivity index (χ0n) is 12.7. The van der Waals surface area contributed by atoms with Gasteiger partial charge in [0.25, 0.3) is 5.91 Å². The Morgan fingerprint density at radius 1 is 1.26 bits per heavy atom. The lowest BCUT2D eigenvalue weighted by molar-refractivity contribution is -0.184. The molecular weight excluding hydrogens is 329 g/mol. The van der Waals surface area contributed by atoms with E-state index in [-0.39, 0.29) is 31.3 Å². The smallest absolute Gasteiger partial charge is 0.385 e. The third-order valence-electron chi connectivity index (χ3n) is 4.50. The van der Waals surface area contributed by atoms with Crippen molar-refractivity contribution >= 4 is 24.0 Å². The van der Waals surface area contributed by atoms with Crippen LogP contribution in [0.5, 0.6) is 0 Å². The van der Waals surface area contributed by atoms with Crippen LogP contribution in [0.25, 0.3) is 0 Å². The molecule has 1 unspecified atom stereocenters. The number of amides is 1. The summed E-state index contributed by atoms with van der Waals surface area (Å²) >= 11 is 0. The van der Waals surface area contributed by atoms with Crippen LogP contribution < -0.4 is 5.32 Å². The monoisotopic (exact) mass is 348 g/mol. The number of carbonyl (C=O) groups is 1. The van der Waals surface area contributed by atoms with E-state index in [1.165, 1.54) is 4.90 Å². The second-order valence-electron chi connectivity index (χ2n) is 5.99. The Morgan fingerprint density at radius 3 is 2.78 bits per heavy atom. The van der Waals surface area contributed by atoms with Gasteiger partial charge in [-0.25, -0.2) is 0 Å². The molecule has 1 aromatic rings. The first-order chi connectivity index (χ1) is 10.5. The summed E-state index contributed by atoms with van der Waals surface area (Å²) in [5, 5.41) is 3.24. The Kier molecular flexibility index (Phi) is 5.45. The van der Waals surface area contributed by atoms with Crippen LogP contribution in [0.1, 0.15) is 35.2 Å². The predicted octanol–water partition coefficient (Wildman–Crippen LogP) is 3.88. The Bertz CT molecular complexity index is 577. The number of rotatable bonds is 1. The molecule has 0 spiro atoms. The summed E-state index contributed by atoms with van der Waals surface area (Å²) in [6.07, 6.45) is -1.98. The van der Waals surface area contributed by atoms with Crippen molar-refractivity contribution in [3.05, 3.63) is 29.3 Å². The van der Waals surface area contributed by atoms with E-state index in [0.29, 0.717) is 18.5 Å². The summed E-state index contributed by atoms with van der Waals surface area (Å²) in [4.78, 5) is 14.0. The van der Waals surface area contributed by atoms with Crippen LogP contribution in [0.15, 0.2) is 18.2 Å². The molecule has 2 aliphatic heterocycles. The van der Waals surface area contributed by atoms with Crippen molar-refractivity contribution in [3.63, 3.8) is 0 Å². The first-order valence-corrected chi connectivity index (χ1v) is 7.68. The molecule has 1 amide bonds. The second kappa shape index (κ2) is 6.99. The Balaban J connectivity index is 0.00000192. The summed E-state index contributed by atoms with van der Waals surface area (Å²) in [7, 11) is 0. The number of fused-ring (bicyclic) bond motifs is 1. The van der Waals surface area contributed by atoms with Crippen molar-refractivity contribution in [1.82, 2.24) is 4.90 Å². The topological polar surface area (TPSA) is 32.3 Å². The number of hydrogen-bond donors (Lipinski definition) is 1. The lowest BCUT2D eigenvalue weighted by Crippen LogP contribution is -2.44. The highest BCUT2D eigenvalue weighted by atomic mass is 35.5. The highest BCUT2D eigenvalue weighted by Crippen LogP contribution is 2.34. The van der Waals surface area contributed by atoms with Gasteiger partial charge in [-0.2, -0.15) is 13.2 Å². The fourth-order valence-electron chi connectivity index (χ4n) is 3.31. The largest absolute Gasteiger partial charge is 0.393 e. The molecule has 0 aliphatic carbocycles. The molecular formula is C16H20ClF3N2O. The van der Waals surface area contributed by atoms with E-state index in [2.05, 4.69) is 5.32 Å². The van der Waals surface area contributed by atoms with Crippen molar-refractivity contribution < 1.29 is 18.0 Å². The molecule has 0 saturated carbocycles. The van der Waals surface area contributed by atoms with Crippen molar-refractivity contribution in [1.29, 1.82) is 0 Å². The Hall–Kier alpha value is -1.43. The molecule has 1 fully saturated rings. The van der Waals surface area contributed by atoms with Gasteiger partial charge in [-0.05, 0) is 43.4 Å². The minimum Gasteiger partial charge on any atom is -0.385 e. The first kappa shape index (κ1) is 17.9. The van der Waals surface area contributed by atoms with E-state index in [1.807, 2.05) is 6.07 Å². The summed E-state index contributed by atoms with van der Waals surface area (Å²) in [5.74, 6) is -1.67. The minimum absolute atomic E-state index is 0. The number of carbonyl (C=O) groups excluding carboxylic acids is 1. The number of nitrogens with one attached hydrogen (secondary N) is 1. The molecule has 3 nitrogen and oxygen atoms in total. The van der Waals surface area contributed by atoms with E-state index >= 15 is 0 Å². The van der Waals surface area contributed by atoms with E-state index in [4.69, 9.17) is 0 Å². The number of alkyl halides is 3. The van der Waals surface area contributed by atoms with Gasteiger partial charge in [-0.1, -0.05) is 6.07 Å². The van der Waals surface area contributed by atoms with E-state index in [9.17, 15) is 18.0 Å². The van der Waals surface area contributed by atoms with Gasteiger partial charge in [0.1, 0.15) is 0 Å². The number of piperidine rings is 1.